The van der Waals surface area contributed by atoms with Crippen LogP contribution in [0.15, 0.2) is 0 Å². The number of nitrogens with one attached hydrogen (secondary N) is 1. The summed E-state index contributed by atoms with van der Waals surface area (Å²) in [5.74, 6) is -0.0861. The molecule has 1 atom stereocenters. The van der Waals surface area contributed by atoms with Crippen LogP contribution in [0.25, 0.3) is 0 Å². The van der Waals surface area contributed by atoms with Gasteiger partial charge in [-0.15, -0.1) is 0 Å². The molecule has 0 spiro atoms. The van der Waals surface area contributed by atoms with Gasteiger partial charge in [0.25, 0.3) is 5.91 Å². The highest BCUT2D eigenvalue weighted by Crippen LogP contribution is 2.17. The first-order valence-electron chi connectivity index (χ1n) is 5.80. The molecule has 5 nitrogen and oxygen atoms in total. The molecule has 1 fully saturated rings. The zero-order valence-corrected chi connectivity index (χ0v) is 10.8. The van der Waals surface area contributed by atoms with E-state index in [1.54, 1.807) is 0 Å². The molecule has 1 saturated heterocycles. The Morgan fingerprint density at radius 2 is 1.75 bits per heavy atom. The normalized spacial score (nSPS) is 21.8. The second kappa shape index (κ2) is 5.12. The smallest absolute Gasteiger partial charge is 0.251 e. The van der Waals surface area contributed by atoms with Crippen LogP contribution in [0.5, 0.6) is 0 Å². The molecule has 1 aliphatic rings. The fourth-order valence-electron chi connectivity index (χ4n) is 1.54. The number of carbonyl (C=O) groups excluding carboxylic acids is 1. The summed E-state index contributed by atoms with van der Waals surface area (Å²) in [5, 5.41) is 1.95. The molecule has 94 valence electrons. The molecule has 0 aromatic carbocycles. The van der Waals surface area contributed by atoms with Crippen LogP contribution >= 0.6 is 0 Å². The van der Waals surface area contributed by atoms with Gasteiger partial charge in [0.05, 0.1) is 6.04 Å². The third kappa shape index (κ3) is 3.73. The predicted octanol–water partition coefficient (Wildman–Crippen LogP) is -0.362. The average molecular weight is 228 g/mol. The number of amides is 1. The number of hydrazine groups is 1. The van der Waals surface area contributed by atoms with Crippen LogP contribution < -0.4 is 11.2 Å². The van der Waals surface area contributed by atoms with Crippen molar-refractivity contribution in [3.8, 4) is 0 Å². The van der Waals surface area contributed by atoms with E-state index in [1.807, 2.05) is 25.8 Å². The summed E-state index contributed by atoms with van der Waals surface area (Å²) >= 11 is 0. The van der Waals surface area contributed by atoms with Gasteiger partial charge in [-0.25, -0.2) is 5.01 Å². The zero-order chi connectivity index (χ0) is 12.3. The van der Waals surface area contributed by atoms with E-state index in [-0.39, 0.29) is 11.3 Å². The van der Waals surface area contributed by atoms with Crippen molar-refractivity contribution >= 4 is 5.91 Å². The minimum absolute atomic E-state index is 0.0861. The summed E-state index contributed by atoms with van der Waals surface area (Å²) in [5.41, 5.74) is 8.58. The van der Waals surface area contributed by atoms with Crippen molar-refractivity contribution < 1.29 is 4.79 Å². The molecule has 1 heterocycles. The standard InChI is InChI=1S/C11H24N4O/c1-11(2,3)9(12)10(16)13-15-7-5-14(4)6-8-15/h9H,5-8,12H2,1-4H3,(H,13,16). The molecule has 0 bridgehead atoms. The molecule has 3 N–H and O–H groups in total. The molecule has 5 heteroatoms. The first-order chi connectivity index (χ1) is 7.30. The summed E-state index contributed by atoms with van der Waals surface area (Å²) in [7, 11) is 2.08. The van der Waals surface area contributed by atoms with Crippen LogP contribution in [-0.2, 0) is 4.79 Å². The fourth-order valence-corrected chi connectivity index (χ4v) is 1.54. The molecule has 1 aliphatic heterocycles. The zero-order valence-electron chi connectivity index (χ0n) is 10.8. The van der Waals surface area contributed by atoms with E-state index in [4.69, 9.17) is 5.73 Å². The highest BCUT2D eigenvalue weighted by Gasteiger charge is 2.28. The molecule has 0 aromatic heterocycles. The first kappa shape index (κ1) is 13.4. The Hall–Kier alpha value is -0.650. The molecular formula is C11H24N4O. The van der Waals surface area contributed by atoms with Crippen molar-refractivity contribution in [3.63, 3.8) is 0 Å². The van der Waals surface area contributed by atoms with Gasteiger partial charge in [0.15, 0.2) is 0 Å². The molecule has 0 saturated carbocycles. The number of nitrogens with zero attached hydrogens (tertiary/aromatic N) is 2. The van der Waals surface area contributed by atoms with E-state index in [0.29, 0.717) is 0 Å². The Labute approximate surface area is 97.9 Å². The van der Waals surface area contributed by atoms with Crippen LogP contribution in [0.2, 0.25) is 0 Å². The average Bonchev–Trinajstić information content (AvgIpc) is 2.19. The number of nitrogens with two attached hydrogens (primary N) is 1. The number of hydrogen-bond acceptors (Lipinski definition) is 4. The van der Waals surface area contributed by atoms with Gasteiger partial charge in [0.2, 0.25) is 0 Å². The lowest BCUT2D eigenvalue weighted by Crippen LogP contribution is -2.58. The van der Waals surface area contributed by atoms with Crippen molar-refractivity contribution in [2.24, 2.45) is 11.1 Å². The maximum absolute atomic E-state index is 11.8. The van der Waals surface area contributed by atoms with E-state index >= 15 is 0 Å². The lowest BCUT2D eigenvalue weighted by atomic mass is 9.87. The molecule has 0 aromatic rings. The van der Waals surface area contributed by atoms with Crippen LogP contribution in [0.4, 0.5) is 0 Å². The van der Waals surface area contributed by atoms with Gasteiger partial charge in [0, 0.05) is 26.2 Å². The minimum Gasteiger partial charge on any atom is -0.319 e. The van der Waals surface area contributed by atoms with Gasteiger partial charge in [-0.3, -0.25) is 10.2 Å². The van der Waals surface area contributed by atoms with Crippen molar-refractivity contribution in [2.75, 3.05) is 33.2 Å². The molecule has 1 amide bonds. The maximum atomic E-state index is 11.8. The second-order valence-corrected chi connectivity index (χ2v) is 5.61. The van der Waals surface area contributed by atoms with Crippen molar-refractivity contribution in [1.82, 2.24) is 15.3 Å². The number of likely N-dealkylation sites (N-methyl/N-ethyl adjacent to an activating group) is 1. The molecule has 0 aliphatic carbocycles. The van der Waals surface area contributed by atoms with Crippen LogP contribution in [-0.4, -0.2) is 55.1 Å². The molecular weight excluding hydrogens is 204 g/mol. The van der Waals surface area contributed by atoms with Gasteiger partial charge >= 0.3 is 0 Å². The fraction of sp³-hybridized carbons (Fsp3) is 0.909. The summed E-state index contributed by atoms with van der Waals surface area (Å²) in [6, 6.07) is -0.466. The van der Waals surface area contributed by atoms with Crippen molar-refractivity contribution in [2.45, 2.75) is 26.8 Å². The van der Waals surface area contributed by atoms with Gasteiger partial charge in [-0.1, -0.05) is 20.8 Å². The van der Waals surface area contributed by atoms with E-state index in [0.717, 1.165) is 26.2 Å². The van der Waals surface area contributed by atoms with E-state index in [9.17, 15) is 4.79 Å². The van der Waals surface area contributed by atoms with Gasteiger partial charge in [-0.05, 0) is 12.5 Å². The highest BCUT2D eigenvalue weighted by atomic mass is 16.2. The van der Waals surface area contributed by atoms with Crippen molar-refractivity contribution in [3.05, 3.63) is 0 Å². The number of rotatable bonds is 2. The van der Waals surface area contributed by atoms with Gasteiger partial charge < -0.3 is 10.6 Å². The van der Waals surface area contributed by atoms with Crippen molar-refractivity contribution in [1.29, 1.82) is 0 Å². The third-order valence-corrected chi connectivity index (χ3v) is 2.99. The third-order valence-electron chi connectivity index (χ3n) is 2.99. The lowest BCUT2D eigenvalue weighted by Gasteiger charge is -2.34. The summed E-state index contributed by atoms with van der Waals surface area (Å²) in [6.07, 6.45) is 0. The molecule has 1 rings (SSSR count). The largest absolute Gasteiger partial charge is 0.319 e. The van der Waals surface area contributed by atoms with Gasteiger partial charge in [0.1, 0.15) is 0 Å². The van der Waals surface area contributed by atoms with E-state index in [2.05, 4.69) is 17.4 Å². The number of piperazine rings is 1. The molecule has 16 heavy (non-hydrogen) atoms. The second-order valence-electron chi connectivity index (χ2n) is 5.61. The SMILES string of the molecule is CN1CCN(NC(=O)C(N)C(C)(C)C)CC1. The maximum Gasteiger partial charge on any atom is 0.251 e. The lowest BCUT2D eigenvalue weighted by molar-refractivity contribution is -0.130. The molecule has 0 radical (unpaired) electrons. The topological polar surface area (TPSA) is 61.6 Å². The Balaban J connectivity index is 2.40. The predicted molar refractivity (Wildman–Crippen MR) is 64.6 cm³/mol. The number of carbonyl (C=O) groups is 1. The summed E-state index contributed by atoms with van der Waals surface area (Å²) < 4.78 is 0. The van der Waals surface area contributed by atoms with Crippen LogP contribution in [0.3, 0.4) is 0 Å². The van der Waals surface area contributed by atoms with Gasteiger partial charge in [-0.2, -0.15) is 0 Å². The minimum atomic E-state index is -0.466. The quantitative estimate of drug-likeness (QED) is 0.677. The van der Waals surface area contributed by atoms with Crippen LogP contribution in [0.1, 0.15) is 20.8 Å². The highest BCUT2D eigenvalue weighted by molar-refractivity contribution is 5.81. The number of hydrogen-bond donors (Lipinski definition) is 2. The Kier molecular flexibility index (Phi) is 4.29. The Morgan fingerprint density at radius 1 is 1.25 bits per heavy atom. The van der Waals surface area contributed by atoms with E-state index in [1.165, 1.54) is 0 Å². The Bertz CT molecular complexity index is 241. The summed E-state index contributed by atoms with van der Waals surface area (Å²) in [4.78, 5) is 14.1. The first-order valence-corrected chi connectivity index (χ1v) is 5.80. The van der Waals surface area contributed by atoms with E-state index < -0.39 is 6.04 Å². The van der Waals surface area contributed by atoms with Crippen LogP contribution in [0, 0.1) is 5.41 Å². The monoisotopic (exact) mass is 228 g/mol. The summed E-state index contributed by atoms with van der Waals surface area (Å²) in [6.45, 7) is 9.60. The Morgan fingerprint density at radius 3 is 2.19 bits per heavy atom. The molecule has 1 unspecified atom stereocenters.